The molecule has 0 amide bonds. The molecule has 1 aromatic carbocycles. The van der Waals surface area contributed by atoms with Gasteiger partial charge in [0.25, 0.3) is 6.02 Å². The molecule has 3 aliphatic rings. The molecule has 7 heteroatoms. The van der Waals surface area contributed by atoms with Crippen molar-refractivity contribution in [2.45, 2.75) is 25.3 Å². The van der Waals surface area contributed by atoms with Crippen LogP contribution in [0.3, 0.4) is 0 Å². The van der Waals surface area contributed by atoms with E-state index in [1.807, 2.05) is 36.7 Å². The molecule has 1 spiro atoms. The van der Waals surface area contributed by atoms with Crippen molar-refractivity contribution in [2.75, 3.05) is 24.6 Å². The summed E-state index contributed by atoms with van der Waals surface area (Å²) < 4.78 is 12.0. The van der Waals surface area contributed by atoms with Crippen LogP contribution in [0, 0.1) is 5.92 Å². The van der Waals surface area contributed by atoms with Crippen LogP contribution in [-0.4, -0.2) is 35.7 Å². The highest BCUT2D eigenvalue weighted by Gasteiger charge is 2.47. The number of hydrogen-bond donors (Lipinski definition) is 1. The molecule has 7 nitrogen and oxygen atoms in total. The van der Waals surface area contributed by atoms with E-state index in [2.05, 4.69) is 28.9 Å². The number of nitrogens with two attached hydrogens (primary N) is 1. The lowest BCUT2D eigenvalue weighted by atomic mass is 9.80. The van der Waals surface area contributed by atoms with Crippen LogP contribution in [0.2, 0.25) is 0 Å². The van der Waals surface area contributed by atoms with Crippen LogP contribution in [0.1, 0.15) is 30.9 Å². The highest BCUT2D eigenvalue weighted by atomic mass is 16.5. The largest absolute Gasteiger partial charge is 0.462 e. The Bertz CT molecular complexity index is 1200. The number of rotatable bonds is 2. The molecule has 32 heavy (non-hydrogen) atoms. The van der Waals surface area contributed by atoms with Gasteiger partial charge in [0.1, 0.15) is 18.2 Å². The predicted octanol–water partition coefficient (Wildman–Crippen LogP) is 4.07. The molecule has 3 aliphatic heterocycles. The molecule has 0 bridgehead atoms. The number of aliphatic imine (C=N–C) groups is 1. The lowest BCUT2D eigenvalue weighted by Crippen LogP contribution is -2.35. The van der Waals surface area contributed by atoms with E-state index in [0.717, 1.165) is 52.8 Å². The van der Waals surface area contributed by atoms with E-state index in [0.29, 0.717) is 12.4 Å². The van der Waals surface area contributed by atoms with Gasteiger partial charge in [-0.3, -0.25) is 4.98 Å². The first-order valence-electron chi connectivity index (χ1n) is 11.1. The van der Waals surface area contributed by atoms with Crippen molar-refractivity contribution in [3.05, 3.63) is 66.1 Å². The Morgan fingerprint density at radius 1 is 1.03 bits per heavy atom. The molecule has 0 aliphatic carbocycles. The third kappa shape index (κ3) is 2.99. The molecule has 2 N–H and O–H groups in total. The second-order valence-electron chi connectivity index (χ2n) is 8.86. The van der Waals surface area contributed by atoms with Crippen molar-refractivity contribution in [2.24, 2.45) is 16.6 Å². The molecule has 5 heterocycles. The number of fused-ring (bicyclic) bond motifs is 4. The number of nitrogens with zero attached hydrogens (tertiary/aromatic N) is 4. The van der Waals surface area contributed by atoms with Gasteiger partial charge in [0.15, 0.2) is 11.3 Å². The average molecular weight is 428 g/mol. The van der Waals surface area contributed by atoms with Gasteiger partial charge >= 0.3 is 0 Å². The van der Waals surface area contributed by atoms with E-state index in [4.69, 9.17) is 25.2 Å². The lowest BCUT2D eigenvalue weighted by molar-refractivity contribution is 0.264. The van der Waals surface area contributed by atoms with Gasteiger partial charge in [0, 0.05) is 42.2 Å². The zero-order valence-corrected chi connectivity index (χ0v) is 18.0. The van der Waals surface area contributed by atoms with E-state index in [9.17, 15) is 0 Å². The minimum Gasteiger partial charge on any atom is -0.462 e. The fraction of sp³-hybridized carbons (Fsp3) is 0.320. The zero-order valence-electron chi connectivity index (χ0n) is 18.0. The van der Waals surface area contributed by atoms with Gasteiger partial charge in [-0.2, -0.15) is 0 Å². The molecule has 0 radical (unpaired) electrons. The number of benzene rings is 1. The molecule has 1 atom stereocenters. The first-order valence-corrected chi connectivity index (χ1v) is 11.1. The summed E-state index contributed by atoms with van der Waals surface area (Å²) in [6.07, 6.45) is 7.78. The van der Waals surface area contributed by atoms with Crippen molar-refractivity contribution in [3.8, 4) is 22.6 Å². The van der Waals surface area contributed by atoms with Gasteiger partial charge in [-0.1, -0.05) is 19.1 Å². The topological polar surface area (TPSA) is 85.9 Å². The third-order valence-corrected chi connectivity index (χ3v) is 6.78. The fourth-order valence-corrected chi connectivity index (χ4v) is 4.87. The van der Waals surface area contributed by atoms with Gasteiger partial charge < -0.3 is 20.1 Å². The monoisotopic (exact) mass is 427 g/mol. The number of piperidine rings is 1. The summed E-state index contributed by atoms with van der Waals surface area (Å²) in [6, 6.07) is 12.4. The number of ether oxygens (including phenoxy) is 2. The Morgan fingerprint density at radius 2 is 1.88 bits per heavy atom. The summed E-state index contributed by atoms with van der Waals surface area (Å²) in [4.78, 5) is 16.2. The van der Waals surface area contributed by atoms with Gasteiger partial charge in [-0.05, 0) is 48.6 Å². The Labute approximate surface area is 186 Å². The van der Waals surface area contributed by atoms with Crippen molar-refractivity contribution in [1.29, 1.82) is 0 Å². The molecular weight excluding hydrogens is 402 g/mol. The Balaban J connectivity index is 1.48. The predicted molar refractivity (Wildman–Crippen MR) is 123 cm³/mol. The third-order valence-electron chi connectivity index (χ3n) is 6.78. The molecule has 1 saturated heterocycles. The molecule has 1 fully saturated rings. The maximum absolute atomic E-state index is 6.29. The van der Waals surface area contributed by atoms with E-state index in [-0.39, 0.29) is 6.02 Å². The summed E-state index contributed by atoms with van der Waals surface area (Å²) in [6.45, 7) is 4.65. The van der Waals surface area contributed by atoms with Crippen molar-refractivity contribution < 1.29 is 9.47 Å². The number of pyridine rings is 2. The van der Waals surface area contributed by atoms with E-state index in [1.54, 1.807) is 6.20 Å². The van der Waals surface area contributed by atoms with Crippen LogP contribution in [-0.2, 0) is 10.3 Å². The highest BCUT2D eigenvalue weighted by Crippen LogP contribution is 2.52. The van der Waals surface area contributed by atoms with Gasteiger partial charge in [0.05, 0.1) is 6.20 Å². The van der Waals surface area contributed by atoms with Crippen LogP contribution in [0.15, 0.2) is 60.0 Å². The first kappa shape index (κ1) is 19.1. The Kier molecular flexibility index (Phi) is 4.31. The van der Waals surface area contributed by atoms with Crippen LogP contribution >= 0.6 is 0 Å². The maximum atomic E-state index is 6.29. The van der Waals surface area contributed by atoms with E-state index >= 15 is 0 Å². The summed E-state index contributed by atoms with van der Waals surface area (Å²) in [7, 11) is 0. The minimum atomic E-state index is -0.758. The zero-order chi connectivity index (χ0) is 21.7. The quantitative estimate of drug-likeness (QED) is 0.663. The maximum Gasteiger partial charge on any atom is 0.283 e. The molecule has 162 valence electrons. The smallest absolute Gasteiger partial charge is 0.283 e. The second-order valence-corrected chi connectivity index (χ2v) is 8.86. The van der Waals surface area contributed by atoms with Crippen molar-refractivity contribution >= 4 is 11.8 Å². The van der Waals surface area contributed by atoms with Crippen LogP contribution < -0.4 is 15.4 Å². The summed E-state index contributed by atoms with van der Waals surface area (Å²) in [5.74, 6) is 3.14. The summed E-state index contributed by atoms with van der Waals surface area (Å²) in [5, 5.41) is 0. The molecular formula is C25H25N5O2. The Hall–Kier alpha value is -3.61. The lowest BCUT2D eigenvalue weighted by Gasteiger charge is -2.36. The van der Waals surface area contributed by atoms with Crippen LogP contribution in [0.5, 0.6) is 11.5 Å². The van der Waals surface area contributed by atoms with Crippen LogP contribution in [0.4, 0.5) is 5.82 Å². The normalized spacial score (nSPS) is 22.0. The summed E-state index contributed by atoms with van der Waals surface area (Å²) in [5.41, 5.74) is 9.25. The fourth-order valence-electron chi connectivity index (χ4n) is 4.87. The van der Waals surface area contributed by atoms with E-state index in [1.165, 1.54) is 12.8 Å². The standard InChI is InChI=1S/C25H25N5O2/c1-16-6-9-30(10-7-16)23-12-20-22(14-28-23)32-21-5-4-17(18-3-2-8-27-13-18)11-19(21)25(20)15-31-24(26)29-25/h2-5,8,11-14,16H,6-7,9-10,15H2,1H3,(H2,26,29)/t25-/m0/s1. The first-order chi connectivity index (χ1) is 15.6. The van der Waals surface area contributed by atoms with Crippen molar-refractivity contribution in [1.82, 2.24) is 9.97 Å². The molecule has 0 unspecified atom stereocenters. The molecule has 6 rings (SSSR count). The molecule has 3 aromatic rings. The molecule has 0 saturated carbocycles. The SMILES string of the molecule is CC1CCN(c2cc3c(cn2)Oc2ccc(-c4cccnc4)cc2[C@@]32COC(N)=N2)CC1. The Morgan fingerprint density at radius 3 is 2.62 bits per heavy atom. The van der Waals surface area contributed by atoms with Gasteiger partial charge in [-0.25, -0.2) is 9.98 Å². The second kappa shape index (κ2) is 7.22. The van der Waals surface area contributed by atoms with E-state index < -0.39 is 5.54 Å². The van der Waals surface area contributed by atoms with Gasteiger partial charge in [0.2, 0.25) is 0 Å². The number of aromatic nitrogens is 2. The number of amidine groups is 1. The van der Waals surface area contributed by atoms with Crippen LogP contribution in [0.25, 0.3) is 11.1 Å². The van der Waals surface area contributed by atoms with Crippen molar-refractivity contribution in [3.63, 3.8) is 0 Å². The number of hydrogen-bond acceptors (Lipinski definition) is 7. The highest BCUT2D eigenvalue weighted by molar-refractivity contribution is 5.78. The summed E-state index contributed by atoms with van der Waals surface area (Å²) >= 11 is 0. The molecule has 2 aromatic heterocycles. The average Bonchev–Trinajstić information content (AvgIpc) is 3.22. The number of anilines is 1. The van der Waals surface area contributed by atoms with Gasteiger partial charge in [-0.15, -0.1) is 0 Å². The minimum absolute atomic E-state index is 0.195.